The number of fused-ring (bicyclic) bond motifs is 1. The van der Waals surface area contributed by atoms with E-state index in [2.05, 4.69) is 9.84 Å². The highest BCUT2D eigenvalue weighted by molar-refractivity contribution is 6.03. The molecule has 2 aromatic rings. The van der Waals surface area contributed by atoms with E-state index < -0.39 is 24.9 Å². The summed E-state index contributed by atoms with van der Waals surface area (Å²) in [5.74, 6) is -0.254. The van der Waals surface area contributed by atoms with Gasteiger partial charge in [0.1, 0.15) is 0 Å². The Labute approximate surface area is 170 Å². The van der Waals surface area contributed by atoms with Crippen LogP contribution in [0.25, 0.3) is 11.1 Å². The number of carbonyl (C=O) groups is 2. The molecule has 1 aliphatic heterocycles. The second-order valence-electron chi connectivity index (χ2n) is 6.94. The number of carbonyl (C=O) groups excluding carboxylic acids is 2. The molecule has 0 fully saturated rings. The lowest BCUT2D eigenvalue weighted by atomic mass is 10.0. The zero-order valence-electron chi connectivity index (χ0n) is 16.4. The number of hydrogen-bond acceptors (Lipinski definition) is 5. The van der Waals surface area contributed by atoms with Gasteiger partial charge < -0.3 is 14.7 Å². The number of rotatable bonds is 4. The summed E-state index contributed by atoms with van der Waals surface area (Å²) >= 11 is 0. The van der Waals surface area contributed by atoms with Crippen LogP contribution in [-0.4, -0.2) is 58.9 Å². The number of anilines is 2. The van der Waals surface area contributed by atoms with Crippen LogP contribution in [-0.2, 0) is 16.1 Å². The number of alkyl halides is 3. The van der Waals surface area contributed by atoms with E-state index in [-0.39, 0.29) is 24.7 Å². The van der Waals surface area contributed by atoms with Crippen molar-refractivity contribution in [2.45, 2.75) is 32.6 Å². The number of nitrogens with zero attached hydrogens (tertiary/aromatic N) is 4. The molecule has 0 spiro atoms. The number of aliphatic hydroxyl groups excluding tert-OH is 1. The largest absolute Gasteiger partial charge is 0.439 e. The van der Waals surface area contributed by atoms with E-state index in [1.54, 1.807) is 37.5 Å². The summed E-state index contributed by atoms with van der Waals surface area (Å²) in [6, 6.07) is 4.51. The van der Waals surface area contributed by atoms with Gasteiger partial charge in [0.15, 0.2) is 6.61 Å². The SMILES string of the molecule is CC(=O)N1c2ccc(-c3cnn(CCO)c3)cc2N(C(=O)OCC(F)(F)F)CC1C. The normalized spacial score (nSPS) is 16.4. The van der Waals surface area contributed by atoms with E-state index in [9.17, 15) is 22.8 Å². The van der Waals surface area contributed by atoms with Crippen LogP contribution in [0.4, 0.5) is 29.3 Å². The first-order chi connectivity index (χ1) is 14.1. The number of aromatic nitrogens is 2. The predicted octanol–water partition coefficient (Wildman–Crippen LogP) is 2.80. The van der Waals surface area contributed by atoms with Gasteiger partial charge in [-0.3, -0.25) is 14.4 Å². The summed E-state index contributed by atoms with van der Waals surface area (Å²) in [5.41, 5.74) is 1.99. The number of aliphatic hydroxyl groups is 1. The Kier molecular flexibility index (Phi) is 6.01. The van der Waals surface area contributed by atoms with Gasteiger partial charge in [-0.05, 0) is 24.6 Å². The summed E-state index contributed by atoms with van der Waals surface area (Å²) in [5, 5.41) is 13.2. The molecule has 0 bridgehead atoms. The summed E-state index contributed by atoms with van der Waals surface area (Å²) in [4.78, 5) is 27.2. The van der Waals surface area contributed by atoms with Gasteiger partial charge >= 0.3 is 12.3 Å². The van der Waals surface area contributed by atoms with Gasteiger partial charge in [-0.25, -0.2) is 4.79 Å². The third kappa shape index (κ3) is 4.56. The molecule has 0 saturated heterocycles. The number of amides is 2. The molecule has 2 heterocycles. The van der Waals surface area contributed by atoms with Gasteiger partial charge in [-0.15, -0.1) is 0 Å². The minimum atomic E-state index is -4.64. The van der Waals surface area contributed by atoms with Crippen molar-refractivity contribution in [1.82, 2.24) is 9.78 Å². The Morgan fingerprint density at radius 3 is 2.63 bits per heavy atom. The first-order valence-corrected chi connectivity index (χ1v) is 9.19. The van der Waals surface area contributed by atoms with Crippen LogP contribution in [0.5, 0.6) is 0 Å². The number of benzene rings is 1. The van der Waals surface area contributed by atoms with Crippen molar-refractivity contribution < 1.29 is 32.6 Å². The maximum Gasteiger partial charge on any atom is 0.422 e. The Morgan fingerprint density at radius 1 is 1.27 bits per heavy atom. The van der Waals surface area contributed by atoms with E-state index >= 15 is 0 Å². The molecule has 0 saturated carbocycles. The maximum absolute atomic E-state index is 12.5. The van der Waals surface area contributed by atoms with E-state index in [0.717, 1.165) is 4.90 Å². The Morgan fingerprint density at radius 2 is 2.00 bits per heavy atom. The van der Waals surface area contributed by atoms with Crippen molar-refractivity contribution >= 4 is 23.4 Å². The zero-order valence-corrected chi connectivity index (χ0v) is 16.4. The van der Waals surface area contributed by atoms with Crippen LogP contribution in [0.15, 0.2) is 30.6 Å². The molecule has 1 aliphatic rings. The van der Waals surface area contributed by atoms with Gasteiger partial charge in [0, 0.05) is 25.2 Å². The fourth-order valence-electron chi connectivity index (χ4n) is 3.42. The smallest absolute Gasteiger partial charge is 0.422 e. The Bertz CT molecular complexity index is 944. The van der Waals surface area contributed by atoms with E-state index in [4.69, 9.17) is 5.11 Å². The number of ether oxygens (including phenoxy) is 1. The van der Waals surface area contributed by atoms with E-state index in [0.29, 0.717) is 23.4 Å². The molecule has 11 heteroatoms. The molecule has 2 amide bonds. The molecular formula is C19H21F3N4O4. The second-order valence-corrected chi connectivity index (χ2v) is 6.94. The van der Waals surface area contributed by atoms with Crippen LogP contribution >= 0.6 is 0 Å². The summed E-state index contributed by atoms with van der Waals surface area (Å²) in [6.45, 7) is 1.57. The molecule has 0 radical (unpaired) electrons. The van der Waals surface area contributed by atoms with Crippen LogP contribution in [0.2, 0.25) is 0 Å². The molecule has 30 heavy (non-hydrogen) atoms. The van der Waals surface area contributed by atoms with Crippen LogP contribution in [0.3, 0.4) is 0 Å². The summed E-state index contributed by atoms with van der Waals surface area (Å²) in [6.07, 6.45) is -2.53. The summed E-state index contributed by atoms with van der Waals surface area (Å²) in [7, 11) is 0. The van der Waals surface area contributed by atoms with Gasteiger partial charge in [0.2, 0.25) is 5.91 Å². The fourth-order valence-corrected chi connectivity index (χ4v) is 3.42. The first-order valence-electron chi connectivity index (χ1n) is 9.19. The van der Waals surface area contributed by atoms with Crippen molar-refractivity contribution in [3.63, 3.8) is 0 Å². The topological polar surface area (TPSA) is 87.9 Å². The number of hydrogen-bond donors (Lipinski definition) is 1. The minimum Gasteiger partial charge on any atom is -0.439 e. The first kappa shape index (κ1) is 21.6. The quantitative estimate of drug-likeness (QED) is 0.813. The molecular weight excluding hydrogens is 405 g/mol. The van der Waals surface area contributed by atoms with Crippen LogP contribution in [0.1, 0.15) is 13.8 Å². The van der Waals surface area contributed by atoms with Crippen LogP contribution in [0, 0.1) is 0 Å². The zero-order chi connectivity index (χ0) is 22.1. The third-order valence-corrected chi connectivity index (χ3v) is 4.63. The average molecular weight is 426 g/mol. The maximum atomic E-state index is 12.5. The lowest BCUT2D eigenvalue weighted by Gasteiger charge is -2.40. The van der Waals surface area contributed by atoms with Gasteiger partial charge in [0.25, 0.3) is 0 Å². The molecule has 8 nitrogen and oxygen atoms in total. The number of halogens is 3. The van der Waals surface area contributed by atoms with Gasteiger partial charge in [-0.1, -0.05) is 6.07 Å². The van der Waals surface area contributed by atoms with E-state index in [1.807, 2.05) is 0 Å². The molecule has 0 aliphatic carbocycles. The second kappa shape index (κ2) is 8.34. The lowest BCUT2D eigenvalue weighted by Crippen LogP contribution is -2.51. The third-order valence-electron chi connectivity index (χ3n) is 4.63. The Hall–Kier alpha value is -3.08. The van der Waals surface area contributed by atoms with Crippen molar-refractivity contribution in [1.29, 1.82) is 0 Å². The van der Waals surface area contributed by atoms with Crippen molar-refractivity contribution in [2.24, 2.45) is 0 Å². The minimum absolute atomic E-state index is 0.0174. The summed E-state index contributed by atoms with van der Waals surface area (Å²) < 4.78 is 43.5. The molecule has 1 aromatic heterocycles. The molecule has 1 N–H and O–H groups in total. The molecule has 162 valence electrons. The van der Waals surface area contributed by atoms with Crippen LogP contribution < -0.4 is 9.80 Å². The predicted molar refractivity (Wildman–Crippen MR) is 102 cm³/mol. The standard InChI is InChI=1S/C19H21F3N4O4/c1-12-9-25(18(29)30-11-19(20,21)22)17-7-14(3-4-16(17)26(12)13(2)28)15-8-23-24(10-15)5-6-27/h3-4,7-8,10,12,27H,5-6,9,11H2,1-2H3. The highest BCUT2D eigenvalue weighted by Gasteiger charge is 2.36. The average Bonchev–Trinajstić information content (AvgIpc) is 3.13. The van der Waals surface area contributed by atoms with Crippen molar-refractivity contribution in [3.05, 3.63) is 30.6 Å². The monoisotopic (exact) mass is 426 g/mol. The van der Waals surface area contributed by atoms with Gasteiger partial charge in [0.05, 0.1) is 36.8 Å². The highest BCUT2D eigenvalue weighted by atomic mass is 19.4. The van der Waals surface area contributed by atoms with Crippen molar-refractivity contribution in [3.8, 4) is 11.1 Å². The van der Waals surface area contributed by atoms with E-state index in [1.165, 1.54) is 16.5 Å². The molecule has 1 aromatic carbocycles. The Balaban J connectivity index is 2.00. The van der Waals surface area contributed by atoms with Gasteiger partial charge in [-0.2, -0.15) is 18.3 Å². The molecule has 1 atom stereocenters. The lowest BCUT2D eigenvalue weighted by molar-refractivity contribution is -0.159. The fraction of sp³-hybridized carbons (Fsp3) is 0.421. The highest BCUT2D eigenvalue weighted by Crippen LogP contribution is 2.39. The molecule has 1 unspecified atom stereocenters. The van der Waals surface area contributed by atoms with Crippen molar-refractivity contribution in [2.75, 3.05) is 29.6 Å². The molecule has 3 rings (SSSR count).